The van der Waals surface area contributed by atoms with Crippen molar-refractivity contribution in [3.05, 3.63) is 57.0 Å². The van der Waals surface area contributed by atoms with E-state index in [0.717, 1.165) is 0 Å². The van der Waals surface area contributed by atoms with Crippen molar-refractivity contribution >= 4 is 52.1 Å². The van der Waals surface area contributed by atoms with E-state index in [-0.39, 0.29) is 5.56 Å². The number of anilines is 2. The van der Waals surface area contributed by atoms with E-state index in [1.165, 1.54) is 12.1 Å². The number of carboxylic acids is 1. The van der Waals surface area contributed by atoms with Crippen LogP contribution in [0, 0.1) is 0 Å². The quantitative estimate of drug-likeness (QED) is 0.776. The highest BCUT2D eigenvalue weighted by molar-refractivity contribution is 6.44. The predicted molar refractivity (Wildman–Crippen MR) is 78.2 cm³/mol. The summed E-state index contributed by atoms with van der Waals surface area (Å²) in [7, 11) is 0. The summed E-state index contributed by atoms with van der Waals surface area (Å²) in [6.45, 7) is 0. The van der Waals surface area contributed by atoms with Gasteiger partial charge in [-0.15, -0.1) is 0 Å². The van der Waals surface area contributed by atoms with Crippen LogP contribution in [0.5, 0.6) is 0 Å². The van der Waals surface area contributed by atoms with Crippen molar-refractivity contribution < 1.29 is 9.90 Å². The van der Waals surface area contributed by atoms with Crippen molar-refractivity contribution in [2.75, 3.05) is 5.32 Å². The van der Waals surface area contributed by atoms with Gasteiger partial charge in [-0.1, -0.05) is 34.8 Å². The Hall–Kier alpha value is -1.42. The van der Waals surface area contributed by atoms with Crippen LogP contribution in [0.15, 0.2) is 36.4 Å². The number of halogens is 3. The van der Waals surface area contributed by atoms with Gasteiger partial charge in [-0.25, -0.2) is 4.79 Å². The maximum absolute atomic E-state index is 10.7. The van der Waals surface area contributed by atoms with Gasteiger partial charge in [-0.2, -0.15) is 0 Å². The zero-order valence-electron chi connectivity index (χ0n) is 9.45. The molecule has 3 nitrogen and oxygen atoms in total. The minimum atomic E-state index is -0.973. The minimum Gasteiger partial charge on any atom is -0.478 e. The molecule has 0 aromatic heterocycles. The van der Waals surface area contributed by atoms with Gasteiger partial charge in [-0.05, 0) is 36.4 Å². The molecule has 0 amide bonds. The number of aromatic carboxylic acids is 1. The zero-order valence-corrected chi connectivity index (χ0v) is 11.7. The Kier molecular flexibility index (Phi) is 4.20. The molecule has 98 valence electrons. The van der Waals surface area contributed by atoms with Crippen molar-refractivity contribution in [2.24, 2.45) is 0 Å². The molecule has 0 bridgehead atoms. The van der Waals surface area contributed by atoms with Gasteiger partial charge in [0.05, 0.1) is 26.3 Å². The molecule has 6 heteroatoms. The van der Waals surface area contributed by atoms with Gasteiger partial charge < -0.3 is 10.4 Å². The number of hydrogen-bond acceptors (Lipinski definition) is 2. The second-order valence-electron chi connectivity index (χ2n) is 3.75. The van der Waals surface area contributed by atoms with Crippen LogP contribution in [0.25, 0.3) is 0 Å². The number of nitrogens with one attached hydrogen (secondary N) is 1. The summed E-state index contributed by atoms with van der Waals surface area (Å²) < 4.78 is 0. The lowest BCUT2D eigenvalue weighted by Gasteiger charge is -2.10. The monoisotopic (exact) mass is 315 g/mol. The Bertz CT molecular complexity index is 627. The highest BCUT2D eigenvalue weighted by Crippen LogP contribution is 2.33. The first-order valence-corrected chi connectivity index (χ1v) is 6.35. The molecule has 0 unspecified atom stereocenters. The molecule has 0 saturated heterocycles. The van der Waals surface area contributed by atoms with Crippen LogP contribution >= 0.6 is 34.8 Å². The number of carbonyl (C=O) groups is 1. The van der Waals surface area contributed by atoms with Crippen LogP contribution in [0.4, 0.5) is 11.4 Å². The molecule has 0 aliphatic carbocycles. The van der Waals surface area contributed by atoms with E-state index in [1.807, 2.05) is 0 Å². The van der Waals surface area contributed by atoms with Gasteiger partial charge in [-0.3, -0.25) is 0 Å². The smallest absolute Gasteiger partial charge is 0.335 e. The predicted octanol–water partition coefficient (Wildman–Crippen LogP) is 5.09. The van der Waals surface area contributed by atoms with Gasteiger partial charge in [0.2, 0.25) is 0 Å². The standard InChI is InChI=1S/C13H8Cl3NO2/c14-9-5-11(16)12(6-10(9)15)17-8-3-1-7(2-4-8)13(18)19/h1-6,17H,(H,18,19). The molecular formula is C13H8Cl3NO2. The molecule has 0 aliphatic rings. The molecule has 2 aromatic carbocycles. The topological polar surface area (TPSA) is 49.3 Å². The first-order valence-electron chi connectivity index (χ1n) is 5.22. The van der Waals surface area contributed by atoms with Crippen LogP contribution in [-0.2, 0) is 0 Å². The Morgan fingerprint density at radius 1 is 0.947 bits per heavy atom. The third-order valence-corrected chi connectivity index (χ3v) is 3.46. The Morgan fingerprint density at radius 2 is 1.53 bits per heavy atom. The molecule has 2 rings (SSSR count). The molecule has 0 atom stereocenters. The summed E-state index contributed by atoms with van der Waals surface area (Å²) >= 11 is 17.8. The Labute approximate surface area is 124 Å². The van der Waals surface area contributed by atoms with Crippen molar-refractivity contribution in [3.8, 4) is 0 Å². The van der Waals surface area contributed by atoms with Crippen molar-refractivity contribution in [1.29, 1.82) is 0 Å². The number of benzene rings is 2. The summed E-state index contributed by atoms with van der Waals surface area (Å²) in [6, 6.07) is 9.42. The second kappa shape index (κ2) is 5.70. The van der Waals surface area contributed by atoms with Gasteiger partial charge in [0.15, 0.2) is 0 Å². The lowest BCUT2D eigenvalue weighted by molar-refractivity contribution is 0.0697. The van der Waals surface area contributed by atoms with Crippen LogP contribution in [-0.4, -0.2) is 11.1 Å². The number of carboxylic acid groups (broad SMARTS) is 1. The normalized spacial score (nSPS) is 10.3. The molecule has 0 aliphatic heterocycles. The fourth-order valence-electron chi connectivity index (χ4n) is 1.47. The number of rotatable bonds is 3. The third kappa shape index (κ3) is 3.32. The first-order chi connectivity index (χ1) is 8.97. The summed E-state index contributed by atoms with van der Waals surface area (Å²) in [5, 5.41) is 13.0. The highest BCUT2D eigenvalue weighted by atomic mass is 35.5. The molecule has 0 heterocycles. The van der Waals surface area contributed by atoms with E-state index in [9.17, 15) is 4.79 Å². The first kappa shape index (κ1) is 14.0. The summed E-state index contributed by atoms with van der Waals surface area (Å²) in [6.07, 6.45) is 0. The molecule has 0 spiro atoms. The van der Waals surface area contributed by atoms with E-state index in [4.69, 9.17) is 39.9 Å². The van der Waals surface area contributed by atoms with Crippen LogP contribution in [0.1, 0.15) is 10.4 Å². The lowest BCUT2D eigenvalue weighted by atomic mass is 10.2. The third-order valence-electron chi connectivity index (χ3n) is 2.42. The van der Waals surface area contributed by atoms with Gasteiger partial charge in [0, 0.05) is 5.69 Å². The maximum Gasteiger partial charge on any atom is 0.335 e. The van der Waals surface area contributed by atoms with Gasteiger partial charge >= 0.3 is 5.97 Å². The fraction of sp³-hybridized carbons (Fsp3) is 0. The average Bonchev–Trinajstić information content (AvgIpc) is 2.36. The fourth-order valence-corrected chi connectivity index (χ4v) is 2.06. The van der Waals surface area contributed by atoms with Crippen LogP contribution in [0.3, 0.4) is 0 Å². The molecule has 0 fully saturated rings. The van der Waals surface area contributed by atoms with Gasteiger partial charge in [0.25, 0.3) is 0 Å². The van der Waals surface area contributed by atoms with Crippen LogP contribution < -0.4 is 5.32 Å². The Balaban J connectivity index is 2.26. The van der Waals surface area contributed by atoms with E-state index >= 15 is 0 Å². The minimum absolute atomic E-state index is 0.214. The Morgan fingerprint density at radius 3 is 2.11 bits per heavy atom. The summed E-state index contributed by atoms with van der Waals surface area (Å²) in [5.41, 5.74) is 1.51. The summed E-state index contributed by atoms with van der Waals surface area (Å²) in [4.78, 5) is 10.7. The van der Waals surface area contributed by atoms with Crippen molar-refractivity contribution in [3.63, 3.8) is 0 Å². The largest absolute Gasteiger partial charge is 0.478 e. The second-order valence-corrected chi connectivity index (χ2v) is 4.98. The SMILES string of the molecule is O=C(O)c1ccc(Nc2cc(Cl)c(Cl)cc2Cl)cc1. The van der Waals surface area contributed by atoms with Crippen LogP contribution in [0.2, 0.25) is 15.1 Å². The molecule has 2 aromatic rings. The molecular weight excluding hydrogens is 309 g/mol. The van der Waals surface area contributed by atoms with E-state index < -0.39 is 5.97 Å². The molecule has 2 N–H and O–H groups in total. The van der Waals surface area contributed by atoms with E-state index in [2.05, 4.69) is 5.32 Å². The van der Waals surface area contributed by atoms with E-state index in [1.54, 1.807) is 24.3 Å². The van der Waals surface area contributed by atoms with Crippen molar-refractivity contribution in [2.45, 2.75) is 0 Å². The molecule has 0 saturated carbocycles. The van der Waals surface area contributed by atoms with Gasteiger partial charge in [0.1, 0.15) is 0 Å². The summed E-state index contributed by atoms with van der Waals surface area (Å²) in [5.74, 6) is -0.973. The highest BCUT2D eigenvalue weighted by Gasteiger charge is 2.07. The maximum atomic E-state index is 10.7. The average molecular weight is 317 g/mol. The number of hydrogen-bond donors (Lipinski definition) is 2. The van der Waals surface area contributed by atoms with Crippen molar-refractivity contribution in [1.82, 2.24) is 0 Å². The molecule has 0 radical (unpaired) electrons. The molecule has 19 heavy (non-hydrogen) atoms. The van der Waals surface area contributed by atoms with E-state index in [0.29, 0.717) is 26.4 Å². The zero-order chi connectivity index (χ0) is 14.0. The lowest BCUT2D eigenvalue weighted by Crippen LogP contribution is -1.97.